The molecule has 4 aromatic rings. The average Bonchev–Trinajstić information content (AvgIpc) is 3.30. The highest BCUT2D eigenvalue weighted by Gasteiger charge is 2.21. The summed E-state index contributed by atoms with van der Waals surface area (Å²) >= 11 is 9.05. The SMILES string of the molecule is Cc1cc(C)n(CCN(C(=O)CSc2ccc(F)cc2)c2nc3c(C)cc(Cl)cc3s2)n1. The summed E-state index contributed by atoms with van der Waals surface area (Å²) in [7, 11) is 0. The van der Waals surface area contributed by atoms with Gasteiger partial charge in [-0.05, 0) is 68.8 Å². The molecule has 0 unspecified atom stereocenters. The third kappa shape index (κ3) is 5.14. The van der Waals surface area contributed by atoms with Crippen molar-refractivity contribution in [1.82, 2.24) is 14.8 Å². The van der Waals surface area contributed by atoms with E-state index in [0.717, 1.165) is 32.1 Å². The van der Waals surface area contributed by atoms with Gasteiger partial charge in [-0.3, -0.25) is 14.4 Å². The summed E-state index contributed by atoms with van der Waals surface area (Å²) in [5, 5.41) is 5.80. The molecular weight excluding hydrogens is 467 g/mol. The summed E-state index contributed by atoms with van der Waals surface area (Å²) < 4.78 is 16.0. The van der Waals surface area contributed by atoms with E-state index in [-0.39, 0.29) is 17.5 Å². The van der Waals surface area contributed by atoms with Crippen LogP contribution in [0.5, 0.6) is 0 Å². The van der Waals surface area contributed by atoms with Gasteiger partial charge in [0.1, 0.15) is 5.82 Å². The van der Waals surface area contributed by atoms with Crippen LogP contribution in [0.15, 0.2) is 47.4 Å². The highest BCUT2D eigenvalue weighted by atomic mass is 35.5. The summed E-state index contributed by atoms with van der Waals surface area (Å²) in [4.78, 5) is 20.6. The molecule has 0 aliphatic heterocycles. The Labute approximate surface area is 199 Å². The predicted octanol–water partition coefficient (Wildman–Crippen LogP) is 6.04. The summed E-state index contributed by atoms with van der Waals surface area (Å²) in [5.74, 6) is -0.141. The van der Waals surface area contributed by atoms with E-state index in [9.17, 15) is 9.18 Å². The number of halogens is 2. The van der Waals surface area contributed by atoms with Gasteiger partial charge in [0.05, 0.1) is 28.2 Å². The normalized spacial score (nSPS) is 11.3. The molecule has 1 amide bonds. The van der Waals surface area contributed by atoms with Gasteiger partial charge in [0.25, 0.3) is 0 Å². The van der Waals surface area contributed by atoms with Crippen LogP contribution in [0.2, 0.25) is 5.02 Å². The molecule has 4 rings (SSSR count). The van der Waals surface area contributed by atoms with Crippen molar-refractivity contribution in [2.45, 2.75) is 32.2 Å². The first-order chi connectivity index (χ1) is 15.3. The minimum absolute atomic E-state index is 0.0661. The van der Waals surface area contributed by atoms with Gasteiger partial charge in [0, 0.05) is 22.2 Å². The number of benzene rings is 2. The second kappa shape index (κ2) is 9.60. The molecule has 0 N–H and O–H groups in total. The summed E-state index contributed by atoms with van der Waals surface area (Å²) in [6, 6.07) is 11.9. The molecule has 0 aliphatic carbocycles. The smallest absolute Gasteiger partial charge is 0.239 e. The average molecular weight is 489 g/mol. The number of thiazole rings is 1. The minimum Gasteiger partial charge on any atom is -0.285 e. The van der Waals surface area contributed by atoms with Crippen LogP contribution in [0.3, 0.4) is 0 Å². The standard InChI is InChI=1S/C23H22ClFN4OS2/c1-14-10-17(24)12-20-22(14)26-23(32-20)28(8-9-29-16(3)11-15(2)27-29)21(30)13-31-19-6-4-18(25)5-7-19/h4-7,10-12H,8-9,13H2,1-3H3. The van der Waals surface area contributed by atoms with E-state index < -0.39 is 0 Å². The zero-order chi connectivity index (χ0) is 22.8. The molecule has 9 heteroatoms. The summed E-state index contributed by atoms with van der Waals surface area (Å²) in [6.45, 7) is 6.91. The molecule has 0 spiro atoms. The van der Waals surface area contributed by atoms with Crippen LogP contribution in [-0.2, 0) is 11.3 Å². The Kier molecular flexibility index (Phi) is 6.83. The largest absolute Gasteiger partial charge is 0.285 e. The maximum atomic E-state index is 13.3. The van der Waals surface area contributed by atoms with Gasteiger partial charge in [-0.2, -0.15) is 5.10 Å². The molecule has 2 aromatic heterocycles. The van der Waals surface area contributed by atoms with Crippen molar-refractivity contribution < 1.29 is 9.18 Å². The van der Waals surface area contributed by atoms with Crippen LogP contribution in [0.4, 0.5) is 9.52 Å². The van der Waals surface area contributed by atoms with Gasteiger partial charge < -0.3 is 0 Å². The maximum Gasteiger partial charge on any atom is 0.239 e. The molecule has 32 heavy (non-hydrogen) atoms. The van der Waals surface area contributed by atoms with Crippen LogP contribution >= 0.6 is 34.7 Å². The highest BCUT2D eigenvalue weighted by molar-refractivity contribution is 8.00. The molecule has 0 fully saturated rings. The number of aromatic nitrogens is 3. The van der Waals surface area contributed by atoms with E-state index in [4.69, 9.17) is 16.6 Å². The summed E-state index contributed by atoms with van der Waals surface area (Å²) in [6.07, 6.45) is 0. The monoisotopic (exact) mass is 488 g/mol. The fraction of sp³-hybridized carbons (Fsp3) is 0.261. The van der Waals surface area contributed by atoms with Crippen LogP contribution < -0.4 is 4.90 Å². The Morgan fingerprint density at radius 3 is 2.62 bits per heavy atom. The topological polar surface area (TPSA) is 51.0 Å². The molecule has 0 saturated heterocycles. The van der Waals surface area contributed by atoms with Crippen molar-refractivity contribution in [3.63, 3.8) is 0 Å². The zero-order valence-corrected chi connectivity index (χ0v) is 20.3. The third-order valence-corrected chi connectivity index (χ3v) is 7.23. The second-order valence-electron chi connectivity index (χ2n) is 7.50. The van der Waals surface area contributed by atoms with Crippen molar-refractivity contribution in [2.75, 3.05) is 17.2 Å². The number of carbonyl (C=O) groups excluding carboxylic acids is 1. The van der Waals surface area contributed by atoms with E-state index in [2.05, 4.69) is 5.10 Å². The van der Waals surface area contributed by atoms with Crippen LogP contribution in [0.25, 0.3) is 10.2 Å². The number of carbonyl (C=O) groups is 1. The van der Waals surface area contributed by atoms with E-state index >= 15 is 0 Å². The molecule has 5 nitrogen and oxygen atoms in total. The van der Waals surface area contributed by atoms with E-state index in [0.29, 0.717) is 23.2 Å². The number of thioether (sulfide) groups is 1. The van der Waals surface area contributed by atoms with Gasteiger partial charge in [-0.1, -0.05) is 22.9 Å². The van der Waals surface area contributed by atoms with Crippen molar-refractivity contribution in [3.05, 3.63) is 70.3 Å². The number of fused-ring (bicyclic) bond motifs is 1. The molecule has 0 aliphatic rings. The maximum absolute atomic E-state index is 13.3. The molecule has 0 saturated carbocycles. The Hall–Kier alpha value is -2.42. The van der Waals surface area contributed by atoms with E-state index in [1.807, 2.05) is 43.7 Å². The molecule has 0 bridgehead atoms. The lowest BCUT2D eigenvalue weighted by Gasteiger charge is -2.20. The van der Waals surface area contributed by atoms with Crippen molar-refractivity contribution in [1.29, 1.82) is 0 Å². The lowest BCUT2D eigenvalue weighted by Crippen LogP contribution is -2.35. The van der Waals surface area contributed by atoms with Crippen molar-refractivity contribution in [2.24, 2.45) is 0 Å². The Morgan fingerprint density at radius 1 is 1.19 bits per heavy atom. The van der Waals surface area contributed by atoms with E-state index in [1.54, 1.807) is 17.0 Å². The lowest BCUT2D eigenvalue weighted by atomic mass is 10.2. The number of hydrogen-bond acceptors (Lipinski definition) is 5. The number of anilines is 1. The van der Waals surface area contributed by atoms with Gasteiger partial charge in [-0.15, -0.1) is 11.8 Å². The Balaban J connectivity index is 1.59. The number of nitrogens with zero attached hydrogens (tertiary/aromatic N) is 4. The highest BCUT2D eigenvalue weighted by Crippen LogP contribution is 2.33. The van der Waals surface area contributed by atoms with Crippen molar-refractivity contribution in [3.8, 4) is 0 Å². The van der Waals surface area contributed by atoms with Crippen molar-refractivity contribution >= 4 is 56.0 Å². The van der Waals surface area contributed by atoms with E-state index in [1.165, 1.54) is 35.2 Å². The van der Waals surface area contributed by atoms with Gasteiger partial charge >= 0.3 is 0 Å². The van der Waals surface area contributed by atoms with Gasteiger partial charge in [0.2, 0.25) is 5.91 Å². The number of hydrogen-bond donors (Lipinski definition) is 0. The number of amides is 1. The zero-order valence-electron chi connectivity index (χ0n) is 17.9. The molecule has 0 radical (unpaired) electrons. The first-order valence-corrected chi connectivity index (χ1v) is 12.2. The minimum atomic E-state index is -0.296. The quantitative estimate of drug-likeness (QED) is 0.298. The summed E-state index contributed by atoms with van der Waals surface area (Å²) in [5.41, 5.74) is 3.81. The predicted molar refractivity (Wildman–Crippen MR) is 131 cm³/mol. The lowest BCUT2D eigenvalue weighted by molar-refractivity contribution is -0.116. The molecule has 0 atom stereocenters. The molecule has 2 heterocycles. The molecular formula is C23H22ClFN4OS2. The first kappa shape index (κ1) is 22.8. The van der Waals surface area contributed by atoms with Gasteiger partial charge in [0.15, 0.2) is 5.13 Å². The molecule has 166 valence electrons. The van der Waals surface area contributed by atoms with Crippen LogP contribution in [-0.4, -0.2) is 33.0 Å². The fourth-order valence-corrected chi connectivity index (χ4v) is 5.67. The van der Waals surface area contributed by atoms with Crippen LogP contribution in [0.1, 0.15) is 17.0 Å². The number of rotatable bonds is 7. The third-order valence-electron chi connectivity index (χ3n) is 4.99. The Bertz CT molecular complexity index is 1270. The Morgan fingerprint density at radius 2 is 1.94 bits per heavy atom. The first-order valence-electron chi connectivity index (χ1n) is 10.1. The van der Waals surface area contributed by atoms with Crippen LogP contribution in [0, 0.1) is 26.6 Å². The second-order valence-corrected chi connectivity index (χ2v) is 10.00. The number of aryl methyl sites for hydroxylation is 3. The molecule has 2 aromatic carbocycles. The van der Waals surface area contributed by atoms with Gasteiger partial charge in [-0.25, -0.2) is 9.37 Å². The fourth-order valence-electron chi connectivity index (χ4n) is 3.43.